The molecule has 20 heavy (non-hydrogen) atoms. The van der Waals surface area contributed by atoms with Crippen LogP contribution in [0.15, 0.2) is 0 Å². The Balaban J connectivity index is 2.26. The largest absolute Gasteiger partial charge is 0.469 e. The van der Waals surface area contributed by atoms with Crippen LogP contribution >= 0.6 is 0 Å². The molecular formula is C14H18O6. The van der Waals surface area contributed by atoms with Crippen LogP contribution in [0.3, 0.4) is 0 Å². The molecule has 2 rings (SSSR count). The fourth-order valence-corrected chi connectivity index (χ4v) is 3.45. The van der Waals surface area contributed by atoms with Gasteiger partial charge in [-0.2, -0.15) is 0 Å². The van der Waals surface area contributed by atoms with E-state index in [0.717, 1.165) is 6.42 Å². The second kappa shape index (κ2) is 5.73. The summed E-state index contributed by atoms with van der Waals surface area (Å²) in [4.78, 5) is 46.5. The minimum absolute atomic E-state index is 0.334. The standard InChI is InChI=1S/C14H18O6/c1-7-11(14(18)20-12(7)16)8-4-3-5-9(10(8)6-15)13(17)19-2/h6-11H,3-5H2,1-2H3. The number of rotatable bonds is 3. The monoisotopic (exact) mass is 282 g/mol. The zero-order valence-corrected chi connectivity index (χ0v) is 11.5. The molecule has 110 valence electrons. The third-order valence-electron chi connectivity index (χ3n) is 4.52. The van der Waals surface area contributed by atoms with Crippen molar-refractivity contribution in [3.05, 3.63) is 0 Å². The molecule has 5 unspecified atom stereocenters. The van der Waals surface area contributed by atoms with E-state index < -0.39 is 41.6 Å². The molecule has 1 saturated heterocycles. The smallest absolute Gasteiger partial charge is 0.317 e. The number of esters is 3. The normalized spacial score (nSPS) is 37.4. The molecule has 6 heteroatoms. The Morgan fingerprint density at radius 3 is 2.50 bits per heavy atom. The molecule has 0 spiro atoms. The maximum absolute atomic E-state index is 11.8. The molecule has 6 nitrogen and oxygen atoms in total. The summed E-state index contributed by atoms with van der Waals surface area (Å²) in [5.74, 6) is -4.23. The number of carbonyl (C=O) groups excluding carboxylic acids is 4. The van der Waals surface area contributed by atoms with Gasteiger partial charge < -0.3 is 14.3 Å². The highest BCUT2D eigenvalue weighted by atomic mass is 16.6. The average molecular weight is 282 g/mol. The van der Waals surface area contributed by atoms with Crippen LogP contribution < -0.4 is 0 Å². The number of carbonyl (C=O) groups is 4. The van der Waals surface area contributed by atoms with Crippen LogP contribution in [0.5, 0.6) is 0 Å². The molecule has 1 saturated carbocycles. The Labute approximate surface area is 116 Å². The van der Waals surface area contributed by atoms with Crippen molar-refractivity contribution >= 4 is 24.2 Å². The molecule has 0 radical (unpaired) electrons. The van der Waals surface area contributed by atoms with Gasteiger partial charge in [0.25, 0.3) is 0 Å². The predicted octanol–water partition coefficient (Wildman–Crippen LogP) is 0.726. The van der Waals surface area contributed by atoms with Crippen molar-refractivity contribution in [1.82, 2.24) is 0 Å². The van der Waals surface area contributed by atoms with Crippen molar-refractivity contribution in [2.24, 2.45) is 29.6 Å². The first-order valence-corrected chi connectivity index (χ1v) is 6.80. The highest BCUT2D eigenvalue weighted by Crippen LogP contribution is 2.43. The molecule has 0 aromatic heterocycles. The van der Waals surface area contributed by atoms with Gasteiger partial charge in [0.15, 0.2) is 0 Å². The van der Waals surface area contributed by atoms with Crippen LogP contribution in [-0.2, 0) is 28.7 Å². The van der Waals surface area contributed by atoms with Gasteiger partial charge in [-0.1, -0.05) is 13.3 Å². The molecule has 2 fully saturated rings. The molecule has 0 aromatic carbocycles. The number of methoxy groups -OCH3 is 1. The molecule has 1 aliphatic heterocycles. The summed E-state index contributed by atoms with van der Waals surface area (Å²) in [6.07, 6.45) is 2.64. The summed E-state index contributed by atoms with van der Waals surface area (Å²) in [6, 6.07) is 0. The van der Waals surface area contributed by atoms with Crippen molar-refractivity contribution < 1.29 is 28.7 Å². The molecule has 1 aliphatic carbocycles. The van der Waals surface area contributed by atoms with E-state index in [2.05, 4.69) is 4.74 Å². The van der Waals surface area contributed by atoms with Crippen LogP contribution in [0.25, 0.3) is 0 Å². The van der Waals surface area contributed by atoms with Crippen molar-refractivity contribution in [2.75, 3.05) is 7.11 Å². The lowest BCUT2D eigenvalue weighted by atomic mass is 9.65. The molecule has 2 aliphatic rings. The van der Waals surface area contributed by atoms with E-state index in [-0.39, 0.29) is 5.92 Å². The lowest BCUT2D eigenvalue weighted by Crippen LogP contribution is -2.41. The minimum atomic E-state index is -0.634. The highest BCUT2D eigenvalue weighted by molar-refractivity contribution is 5.96. The molecule has 0 N–H and O–H groups in total. The molecule has 0 aromatic rings. The third kappa shape index (κ3) is 2.34. The van der Waals surface area contributed by atoms with E-state index >= 15 is 0 Å². The van der Waals surface area contributed by atoms with E-state index in [9.17, 15) is 19.2 Å². The zero-order chi connectivity index (χ0) is 14.9. The van der Waals surface area contributed by atoms with Crippen LogP contribution in [0.2, 0.25) is 0 Å². The van der Waals surface area contributed by atoms with Gasteiger partial charge in [0.1, 0.15) is 6.29 Å². The van der Waals surface area contributed by atoms with Crippen molar-refractivity contribution in [3.8, 4) is 0 Å². The highest BCUT2D eigenvalue weighted by Gasteiger charge is 2.51. The quantitative estimate of drug-likeness (QED) is 0.431. The van der Waals surface area contributed by atoms with E-state index in [1.165, 1.54) is 7.11 Å². The van der Waals surface area contributed by atoms with Crippen LogP contribution in [0.1, 0.15) is 26.2 Å². The van der Waals surface area contributed by atoms with Crippen molar-refractivity contribution in [1.29, 1.82) is 0 Å². The summed E-state index contributed by atoms with van der Waals surface area (Å²) in [5, 5.41) is 0. The van der Waals surface area contributed by atoms with E-state index in [0.29, 0.717) is 19.1 Å². The topological polar surface area (TPSA) is 86.7 Å². The van der Waals surface area contributed by atoms with Crippen LogP contribution in [0.4, 0.5) is 0 Å². The second-order valence-corrected chi connectivity index (χ2v) is 5.49. The summed E-state index contributed by atoms with van der Waals surface area (Å²) in [7, 11) is 1.28. The first-order chi connectivity index (χ1) is 9.51. The molecule has 0 bridgehead atoms. The van der Waals surface area contributed by atoms with Crippen LogP contribution in [-0.4, -0.2) is 31.3 Å². The van der Waals surface area contributed by atoms with Gasteiger partial charge in [0.05, 0.1) is 24.9 Å². The van der Waals surface area contributed by atoms with Gasteiger partial charge in [-0.05, 0) is 18.8 Å². The van der Waals surface area contributed by atoms with Crippen LogP contribution in [0, 0.1) is 29.6 Å². The Morgan fingerprint density at radius 1 is 1.30 bits per heavy atom. The summed E-state index contributed by atoms with van der Waals surface area (Å²) in [6.45, 7) is 1.63. The summed E-state index contributed by atoms with van der Waals surface area (Å²) in [5.41, 5.74) is 0. The maximum atomic E-state index is 11.8. The van der Waals surface area contributed by atoms with Gasteiger partial charge in [-0.25, -0.2) is 0 Å². The van der Waals surface area contributed by atoms with Crippen molar-refractivity contribution in [2.45, 2.75) is 26.2 Å². The SMILES string of the molecule is COC(=O)C1CCCC(C2C(=O)OC(=O)C2C)C1C=O. The number of hydrogen-bond acceptors (Lipinski definition) is 6. The molecular weight excluding hydrogens is 264 g/mol. The van der Waals surface area contributed by atoms with Gasteiger partial charge in [-0.3, -0.25) is 14.4 Å². The van der Waals surface area contributed by atoms with Crippen molar-refractivity contribution in [3.63, 3.8) is 0 Å². The Morgan fingerprint density at radius 2 is 2.00 bits per heavy atom. The summed E-state index contributed by atoms with van der Waals surface area (Å²) >= 11 is 0. The fourth-order valence-electron chi connectivity index (χ4n) is 3.45. The maximum Gasteiger partial charge on any atom is 0.317 e. The van der Waals surface area contributed by atoms with Gasteiger partial charge >= 0.3 is 17.9 Å². The third-order valence-corrected chi connectivity index (χ3v) is 4.52. The Hall–Kier alpha value is -1.72. The lowest BCUT2D eigenvalue weighted by Gasteiger charge is -2.36. The first kappa shape index (κ1) is 14.7. The Kier molecular flexibility index (Phi) is 4.20. The molecule has 1 heterocycles. The summed E-state index contributed by atoms with van der Waals surface area (Å²) < 4.78 is 9.37. The number of ether oxygens (including phenoxy) is 2. The average Bonchev–Trinajstić information content (AvgIpc) is 2.70. The minimum Gasteiger partial charge on any atom is -0.469 e. The van der Waals surface area contributed by atoms with E-state index in [4.69, 9.17) is 4.74 Å². The Bertz CT molecular complexity index is 443. The van der Waals surface area contributed by atoms with Gasteiger partial charge in [0.2, 0.25) is 0 Å². The lowest BCUT2D eigenvalue weighted by molar-refractivity contribution is -0.157. The predicted molar refractivity (Wildman–Crippen MR) is 66.2 cm³/mol. The molecule has 5 atom stereocenters. The van der Waals surface area contributed by atoms with E-state index in [1.54, 1.807) is 6.92 Å². The number of cyclic esters (lactones) is 2. The first-order valence-electron chi connectivity index (χ1n) is 6.80. The number of hydrogen-bond donors (Lipinski definition) is 0. The van der Waals surface area contributed by atoms with Gasteiger partial charge in [-0.15, -0.1) is 0 Å². The fraction of sp³-hybridized carbons (Fsp3) is 0.714. The second-order valence-electron chi connectivity index (χ2n) is 5.49. The number of aldehydes is 1. The van der Waals surface area contributed by atoms with E-state index in [1.807, 2.05) is 0 Å². The van der Waals surface area contributed by atoms with Gasteiger partial charge in [0, 0.05) is 5.92 Å². The molecule has 0 amide bonds. The zero-order valence-electron chi connectivity index (χ0n) is 11.5.